The summed E-state index contributed by atoms with van der Waals surface area (Å²) < 4.78 is 0. The average molecular weight is 235 g/mol. The van der Waals surface area contributed by atoms with Crippen LogP contribution in [0.15, 0.2) is 35.2 Å². The minimum atomic E-state index is 0.899. The van der Waals surface area contributed by atoms with Gasteiger partial charge in [0.25, 0.3) is 0 Å². The van der Waals surface area contributed by atoms with Crippen LogP contribution in [0, 0.1) is 5.92 Å². The number of piperidine rings is 1. The van der Waals surface area contributed by atoms with E-state index in [2.05, 4.69) is 42.2 Å². The molecule has 1 saturated heterocycles. The fourth-order valence-corrected chi connectivity index (χ4v) is 3.23. The Morgan fingerprint density at radius 1 is 1.31 bits per heavy atom. The molecule has 1 aliphatic heterocycles. The predicted octanol–water partition coefficient (Wildman–Crippen LogP) is 3.51. The van der Waals surface area contributed by atoms with Crippen LogP contribution in [0.4, 0.5) is 0 Å². The molecule has 0 N–H and O–H groups in total. The first kappa shape index (κ1) is 12.0. The van der Waals surface area contributed by atoms with E-state index in [0.717, 1.165) is 5.92 Å². The largest absolute Gasteiger partial charge is 0.302 e. The molecule has 0 radical (unpaired) electrons. The summed E-state index contributed by atoms with van der Waals surface area (Å²) in [6.07, 6.45) is 2.81. The minimum Gasteiger partial charge on any atom is -0.302 e. The van der Waals surface area contributed by atoms with E-state index in [1.807, 2.05) is 11.8 Å². The van der Waals surface area contributed by atoms with Gasteiger partial charge in [0.05, 0.1) is 0 Å². The second-order valence-corrected chi connectivity index (χ2v) is 5.88. The van der Waals surface area contributed by atoms with Crippen molar-refractivity contribution in [2.24, 2.45) is 5.92 Å². The van der Waals surface area contributed by atoms with Crippen LogP contribution in [-0.4, -0.2) is 30.3 Å². The van der Waals surface area contributed by atoms with Gasteiger partial charge in [-0.25, -0.2) is 0 Å². The molecule has 0 aliphatic carbocycles. The molecule has 1 aromatic carbocycles. The lowest BCUT2D eigenvalue weighted by atomic mass is 10.0. The van der Waals surface area contributed by atoms with Crippen LogP contribution in [0.2, 0.25) is 0 Å². The van der Waals surface area contributed by atoms with Crippen LogP contribution >= 0.6 is 11.8 Å². The van der Waals surface area contributed by atoms with Crippen molar-refractivity contribution in [1.29, 1.82) is 0 Å². The first-order chi connectivity index (χ1) is 7.84. The summed E-state index contributed by atoms with van der Waals surface area (Å²) in [5.74, 6) is 2.12. The molecule has 1 nitrogen and oxygen atoms in total. The first-order valence-electron chi connectivity index (χ1n) is 6.25. The van der Waals surface area contributed by atoms with Crippen LogP contribution in [0.25, 0.3) is 0 Å². The standard InChI is InChI=1S/C14H21NS/c1-13-6-5-9-15(12-13)10-11-16-14-7-3-2-4-8-14/h2-4,7-8,13H,5-6,9-12H2,1H3/t13-/m0/s1. The third kappa shape index (κ3) is 3.84. The number of likely N-dealkylation sites (tertiary alicyclic amines) is 1. The predicted molar refractivity (Wildman–Crippen MR) is 72.0 cm³/mol. The summed E-state index contributed by atoms with van der Waals surface area (Å²) >= 11 is 1.97. The summed E-state index contributed by atoms with van der Waals surface area (Å²) in [7, 11) is 0. The monoisotopic (exact) mass is 235 g/mol. The molecule has 0 amide bonds. The Hall–Kier alpha value is -0.470. The fourth-order valence-electron chi connectivity index (χ4n) is 2.30. The summed E-state index contributed by atoms with van der Waals surface area (Å²) in [4.78, 5) is 4.01. The van der Waals surface area contributed by atoms with Crippen LogP contribution < -0.4 is 0 Å². The van der Waals surface area contributed by atoms with Crippen molar-refractivity contribution in [1.82, 2.24) is 4.90 Å². The Balaban J connectivity index is 1.68. The minimum absolute atomic E-state index is 0.899. The highest BCUT2D eigenvalue weighted by molar-refractivity contribution is 7.99. The number of hydrogen-bond acceptors (Lipinski definition) is 2. The lowest BCUT2D eigenvalue weighted by molar-refractivity contribution is 0.194. The van der Waals surface area contributed by atoms with Crippen molar-refractivity contribution in [3.8, 4) is 0 Å². The number of thioether (sulfide) groups is 1. The summed E-state index contributed by atoms with van der Waals surface area (Å²) in [6.45, 7) is 6.22. The van der Waals surface area contributed by atoms with Gasteiger partial charge >= 0.3 is 0 Å². The molecule has 0 saturated carbocycles. The smallest absolute Gasteiger partial charge is 0.0108 e. The van der Waals surface area contributed by atoms with Crippen LogP contribution in [0.5, 0.6) is 0 Å². The van der Waals surface area contributed by atoms with E-state index in [1.54, 1.807) is 0 Å². The van der Waals surface area contributed by atoms with Gasteiger partial charge in [0.1, 0.15) is 0 Å². The van der Waals surface area contributed by atoms with E-state index in [0.29, 0.717) is 0 Å². The molecule has 0 aromatic heterocycles. The lowest BCUT2D eigenvalue weighted by Gasteiger charge is -2.30. The molecule has 1 aliphatic rings. The molecule has 0 unspecified atom stereocenters. The molecule has 0 bridgehead atoms. The van der Waals surface area contributed by atoms with Gasteiger partial charge in [0.2, 0.25) is 0 Å². The SMILES string of the molecule is C[C@H]1CCCN(CCSc2ccccc2)C1. The third-order valence-corrected chi connectivity index (χ3v) is 4.15. The number of rotatable bonds is 4. The van der Waals surface area contributed by atoms with Crippen LogP contribution in [0.3, 0.4) is 0 Å². The zero-order valence-corrected chi connectivity index (χ0v) is 10.9. The molecule has 1 fully saturated rings. The molecule has 0 spiro atoms. The molecular formula is C14H21NS. The highest BCUT2D eigenvalue weighted by atomic mass is 32.2. The third-order valence-electron chi connectivity index (χ3n) is 3.16. The molecular weight excluding hydrogens is 214 g/mol. The molecule has 1 aromatic rings. The van der Waals surface area contributed by atoms with Crippen molar-refractivity contribution in [3.05, 3.63) is 30.3 Å². The topological polar surface area (TPSA) is 3.24 Å². The number of hydrogen-bond donors (Lipinski definition) is 0. The van der Waals surface area contributed by atoms with Gasteiger partial charge in [0.15, 0.2) is 0 Å². The van der Waals surface area contributed by atoms with Gasteiger partial charge in [-0.2, -0.15) is 0 Å². The summed E-state index contributed by atoms with van der Waals surface area (Å²) in [5, 5.41) is 0. The van der Waals surface area contributed by atoms with E-state index in [9.17, 15) is 0 Å². The van der Waals surface area contributed by atoms with Gasteiger partial charge < -0.3 is 4.90 Å². The van der Waals surface area contributed by atoms with Crippen LogP contribution in [0.1, 0.15) is 19.8 Å². The molecule has 16 heavy (non-hydrogen) atoms. The van der Waals surface area contributed by atoms with Crippen molar-refractivity contribution in [3.63, 3.8) is 0 Å². The molecule has 1 heterocycles. The maximum Gasteiger partial charge on any atom is 0.0108 e. The molecule has 1 atom stereocenters. The lowest BCUT2D eigenvalue weighted by Crippen LogP contribution is -2.35. The van der Waals surface area contributed by atoms with Gasteiger partial charge in [-0.05, 0) is 37.4 Å². The van der Waals surface area contributed by atoms with Crippen molar-refractivity contribution in [2.75, 3.05) is 25.4 Å². The second-order valence-electron chi connectivity index (χ2n) is 4.71. The Morgan fingerprint density at radius 2 is 2.12 bits per heavy atom. The number of nitrogens with zero attached hydrogens (tertiary/aromatic N) is 1. The Bertz CT molecular complexity index is 299. The van der Waals surface area contributed by atoms with E-state index >= 15 is 0 Å². The van der Waals surface area contributed by atoms with Gasteiger partial charge in [-0.3, -0.25) is 0 Å². The molecule has 2 rings (SSSR count). The molecule has 2 heteroatoms. The van der Waals surface area contributed by atoms with E-state index in [-0.39, 0.29) is 0 Å². The number of benzene rings is 1. The van der Waals surface area contributed by atoms with Gasteiger partial charge in [0, 0.05) is 23.7 Å². The Kier molecular flexibility index (Phi) is 4.73. The zero-order valence-electron chi connectivity index (χ0n) is 10.1. The maximum absolute atomic E-state index is 2.62. The van der Waals surface area contributed by atoms with Crippen molar-refractivity contribution < 1.29 is 0 Å². The van der Waals surface area contributed by atoms with E-state index in [1.165, 1.54) is 43.1 Å². The first-order valence-corrected chi connectivity index (χ1v) is 7.23. The Labute approximate surface area is 103 Å². The molecule has 88 valence electrons. The van der Waals surface area contributed by atoms with E-state index in [4.69, 9.17) is 0 Å². The average Bonchev–Trinajstić information content (AvgIpc) is 2.30. The summed E-state index contributed by atoms with van der Waals surface area (Å²) in [5.41, 5.74) is 0. The summed E-state index contributed by atoms with van der Waals surface area (Å²) in [6, 6.07) is 10.7. The van der Waals surface area contributed by atoms with Gasteiger partial charge in [-0.1, -0.05) is 25.1 Å². The zero-order chi connectivity index (χ0) is 11.2. The maximum atomic E-state index is 2.62. The van der Waals surface area contributed by atoms with Crippen molar-refractivity contribution >= 4 is 11.8 Å². The fraction of sp³-hybridized carbons (Fsp3) is 0.571. The highest BCUT2D eigenvalue weighted by Crippen LogP contribution is 2.19. The van der Waals surface area contributed by atoms with Crippen LogP contribution in [-0.2, 0) is 0 Å². The quantitative estimate of drug-likeness (QED) is 0.735. The second kappa shape index (κ2) is 6.31. The van der Waals surface area contributed by atoms with Crippen molar-refractivity contribution in [2.45, 2.75) is 24.7 Å². The van der Waals surface area contributed by atoms with Gasteiger partial charge in [-0.15, -0.1) is 11.8 Å². The van der Waals surface area contributed by atoms with E-state index < -0.39 is 0 Å². The Morgan fingerprint density at radius 3 is 2.88 bits per heavy atom. The highest BCUT2D eigenvalue weighted by Gasteiger charge is 2.15. The normalized spacial score (nSPS) is 22.2.